The first-order valence-electron chi connectivity index (χ1n) is 7.67. The van der Waals surface area contributed by atoms with Gasteiger partial charge in [0, 0.05) is 11.9 Å². The van der Waals surface area contributed by atoms with Gasteiger partial charge in [0.2, 0.25) is 0 Å². The Hall–Kier alpha value is -3.35. The number of aromatic amines is 1. The molecule has 2 aromatic carbocycles. The van der Waals surface area contributed by atoms with Crippen LogP contribution in [0.2, 0.25) is 0 Å². The van der Waals surface area contributed by atoms with Crippen molar-refractivity contribution in [2.24, 2.45) is 0 Å². The fourth-order valence-electron chi connectivity index (χ4n) is 2.27. The maximum absolute atomic E-state index is 12.9. The highest BCUT2D eigenvalue weighted by Gasteiger charge is 2.10. The third kappa shape index (κ3) is 4.14. The van der Waals surface area contributed by atoms with Crippen LogP contribution in [0.25, 0.3) is 10.9 Å². The monoisotopic (exact) mass is 340 g/mol. The van der Waals surface area contributed by atoms with E-state index in [2.05, 4.69) is 27.4 Å². The Morgan fingerprint density at radius 1 is 1.28 bits per heavy atom. The number of ether oxygens (including phenoxy) is 1. The van der Waals surface area contributed by atoms with E-state index < -0.39 is 6.03 Å². The molecule has 0 bridgehead atoms. The summed E-state index contributed by atoms with van der Waals surface area (Å²) in [6, 6.07) is 10.9. The quantitative estimate of drug-likeness (QED) is 0.600. The van der Waals surface area contributed by atoms with Crippen LogP contribution in [0, 0.1) is 5.82 Å². The van der Waals surface area contributed by atoms with Crippen molar-refractivity contribution in [1.82, 2.24) is 15.5 Å². The molecule has 0 aliphatic heterocycles. The SMILES string of the molecule is C=CCOc1ccc2[nH]nc(NC(=O)NCc3ccc(F)cc3)c2c1. The van der Waals surface area contributed by atoms with Gasteiger partial charge in [-0.2, -0.15) is 5.10 Å². The maximum Gasteiger partial charge on any atom is 0.320 e. The van der Waals surface area contributed by atoms with Crippen molar-refractivity contribution in [2.45, 2.75) is 6.54 Å². The van der Waals surface area contributed by atoms with E-state index in [-0.39, 0.29) is 12.4 Å². The molecule has 0 saturated carbocycles. The lowest BCUT2D eigenvalue weighted by molar-refractivity contribution is 0.251. The lowest BCUT2D eigenvalue weighted by atomic mass is 10.2. The van der Waals surface area contributed by atoms with Crippen molar-refractivity contribution in [3.05, 3.63) is 66.5 Å². The summed E-state index contributed by atoms with van der Waals surface area (Å²) >= 11 is 0. The molecule has 0 fully saturated rings. The number of benzene rings is 2. The molecule has 0 aliphatic carbocycles. The van der Waals surface area contributed by atoms with Gasteiger partial charge in [-0.3, -0.25) is 10.4 Å². The van der Waals surface area contributed by atoms with Gasteiger partial charge < -0.3 is 10.1 Å². The summed E-state index contributed by atoms with van der Waals surface area (Å²) in [5, 5.41) is 13.1. The van der Waals surface area contributed by atoms with E-state index in [9.17, 15) is 9.18 Å². The minimum Gasteiger partial charge on any atom is -0.490 e. The molecule has 1 aromatic heterocycles. The van der Waals surface area contributed by atoms with Gasteiger partial charge in [0.1, 0.15) is 18.2 Å². The molecular weight excluding hydrogens is 323 g/mol. The number of nitrogens with zero attached hydrogens (tertiary/aromatic N) is 1. The smallest absolute Gasteiger partial charge is 0.320 e. The summed E-state index contributed by atoms with van der Waals surface area (Å²) in [6.07, 6.45) is 1.65. The number of hydrogen-bond acceptors (Lipinski definition) is 3. The largest absolute Gasteiger partial charge is 0.490 e. The number of amides is 2. The third-order valence-corrected chi connectivity index (χ3v) is 3.50. The summed E-state index contributed by atoms with van der Waals surface area (Å²) < 4.78 is 18.4. The van der Waals surface area contributed by atoms with Gasteiger partial charge in [-0.15, -0.1) is 0 Å². The van der Waals surface area contributed by atoms with Crippen LogP contribution in [0.1, 0.15) is 5.56 Å². The number of carbonyl (C=O) groups is 1. The van der Waals surface area contributed by atoms with Gasteiger partial charge in [0.15, 0.2) is 5.82 Å². The molecule has 6 nitrogen and oxygen atoms in total. The second-order valence-corrected chi connectivity index (χ2v) is 5.31. The first-order chi connectivity index (χ1) is 12.2. The van der Waals surface area contributed by atoms with Gasteiger partial charge in [-0.05, 0) is 35.9 Å². The van der Waals surface area contributed by atoms with Gasteiger partial charge in [0.05, 0.1) is 5.52 Å². The Balaban J connectivity index is 1.65. The van der Waals surface area contributed by atoms with Crippen LogP contribution in [0.15, 0.2) is 55.1 Å². The zero-order valence-corrected chi connectivity index (χ0v) is 13.4. The molecule has 3 rings (SSSR count). The number of hydrogen-bond donors (Lipinski definition) is 3. The van der Waals surface area contributed by atoms with Crippen LogP contribution in [0.5, 0.6) is 5.75 Å². The van der Waals surface area contributed by atoms with Crippen LogP contribution in [0.3, 0.4) is 0 Å². The molecule has 7 heteroatoms. The van der Waals surface area contributed by atoms with Crippen molar-refractivity contribution in [3.8, 4) is 5.75 Å². The minimum absolute atomic E-state index is 0.280. The van der Waals surface area contributed by atoms with Gasteiger partial charge in [0.25, 0.3) is 0 Å². The van der Waals surface area contributed by atoms with Crippen LogP contribution in [0.4, 0.5) is 15.0 Å². The second-order valence-electron chi connectivity index (χ2n) is 5.31. The lowest BCUT2D eigenvalue weighted by Crippen LogP contribution is -2.28. The number of halogens is 1. The average molecular weight is 340 g/mol. The summed E-state index contributed by atoms with van der Waals surface area (Å²) in [6.45, 7) is 4.28. The molecule has 0 aliphatic rings. The third-order valence-electron chi connectivity index (χ3n) is 3.50. The Morgan fingerprint density at radius 2 is 2.08 bits per heavy atom. The highest BCUT2D eigenvalue weighted by Crippen LogP contribution is 2.25. The van der Waals surface area contributed by atoms with Gasteiger partial charge >= 0.3 is 6.03 Å². The molecular formula is C18H17FN4O2. The summed E-state index contributed by atoms with van der Waals surface area (Å²) in [5.41, 5.74) is 1.57. The average Bonchev–Trinajstić information content (AvgIpc) is 3.01. The molecule has 2 amide bonds. The predicted molar refractivity (Wildman–Crippen MR) is 94.0 cm³/mol. The van der Waals surface area contributed by atoms with Crippen LogP contribution < -0.4 is 15.4 Å². The molecule has 0 spiro atoms. The van der Waals surface area contributed by atoms with Crippen LogP contribution in [-0.4, -0.2) is 22.8 Å². The number of carbonyl (C=O) groups excluding carboxylic acids is 1. The topological polar surface area (TPSA) is 79.0 Å². The number of aromatic nitrogens is 2. The zero-order chi connectivity index (χ0) is 17.6. The zero-order valence-electron chi connectivity index (χ0n) is 13.4. The Labute approximate surface area is 143 Å². The van der Waals surface area contributed by atoms with Crippen molar-refractivity contribution in [1.29, 1.82) is 0 Å². The maximum atomic E-state index is 12.9. The number of rotatable bonds is 6. The molecule has 3 aromatic rings. The lowest BCUT2D eigenvalue weighted by Gasteiger charge is -2.07. The summed E-state index contributed by atoms with van der Waals surface area (Å²) in [5.74, 6) is 0.741. The molecule has 0 saturated heterocycles. The summed E-state index contributed by atoms with van der Waals surface area (Å²) in [4.78, 5) is 12.1. The van der Waals surface area contributed by atoms with Crippen LogP contribution >= 0.6 is 0 Å². The fourth-order valence-corrected chi connectivity index (χ4v) is 2.27. The number of anilines is 1. The molecule has 0 radical (unpaired) electrons. The van der Waals surface area contributed by atoms with Crippen LogP contribution in [-0.2, 0) is 6.54 Å². The molecule has 3 N–H and O–H groups in total. The van der Waals surface area contributed by atoms with Crippen molar-refractivity contribution >= 4 is 22.8 Å². The normalized spacial score (nSPS) is 10.4. The highest BCUT2D eigenvalue weighted by molar-refractivity contribution is 5.99. The van der Waals surface area contributed by atoms with Crippen molar-refractivity contribution < 1.29 is 13.9 Å². The minimum atomic E-state index is -0.407. The molecule has 128 valence electrons. The van der Waals surface area contributed by atoms with Gasteiger partial charge in [-0.1, -0.05) is 24.8 Å². The second kappa shape index (κ2) is 7.48. The number of urea groups is 1. The predicted octanol–water partition coefficient (Wildman–Crippen LogP) is 3.59. The molecule has 0 unspecified atom stereocenters. The Morgan fingerprint density at radius 3 is 2.84 bits per heavy atom. The van der Waals surface area contributed by atoms with E-state index in [4.69, 9.17) is 4.74 Å². The van der Waals surface area contributed by atoms with E-state index >= 15 is 0 Å². The standard InChI is InChI=1S/C18H17FN4O2/c1-2-9-25-14-7-8-16-15(10-14)17(23-22-16)21-18(24)20-11-12-3-5-13(19)6-4-12/h2-8,10H,1,9,11H2,(H3,20,21,22,23,24). The van der Waals surface area contributed by atoms with E-state index in [0.29, 0.717) is 18.2 Å². The van der Waals surface area contributed by atoms with E-state index in [1.165, 1.54) is 12.1 Å². The first-order valence-corrected chi connectivity index (χ1v) is 7.67. The first kappa shape index (κ1) is 16.5. The number of nitrogens with one attached hydrogen (secondary N) is 3. The van der Waals surface area contributed by atoms with E-state index in [1.807, 2.05) is 12.1 Å². The molecule has 25 heavy (non-hydrogen) atoms. The molecule has 0 atom stereocenters. The Kier molecular flexibility index (Phi) is 4.94. The highest BCUT2D eigenvalue weighted by atomic mass is 19.1. The van der Waals surface area contributed by atoms with Crippen molar-refractivity contribution in [2.75, 3.05) is 11.9 Å². The van der Waals surface area contributed by atoms with E-state index in [1.54, 1.807) is 24.3 Å². The Bertz CT molecular complexity index is 890. The number of fused-ring (bicyclic) bond motifs is 1. The van der Waals surface area contributed by atoms with Gasteiger partial charge in [-0.25, -0.2) is 9.18 Å². The van der Waals surface area contributed by atoms with E-state index in [0.717, 1.165) is 16.5 Å². The summed E-state index contributed by atoms with van der Waals surface area (Å²) in [7, 11) is 0. The number of H-pyrrole nitrogens is 1. The molecule has 1 heterocycles. The fraction of sp³-hybridized carbons (Fsp3) is 0.111. The van der Waals surface area contributed by atoms with Crippen molar-refractivity contribution in [3.63, 3.8) is 0 Å².